The molecule has 6 heteroatoms. The summed E-state index contributed by atoms with van der Waals surface area (Å²) in [6.45, 7) is 0.312. The molecule has 2 rings (SSSR count). The summed E-state index contributed by atoms with van der Waals surface area (Å²) < 4.78 is 6.78. The van der Waals surface area contributed by atoms with Crippen LogP contribution in [0.1, 0.15) is 16.1 Å². The van der Waals surface area contributed by atoms with Gasteiger partial charge in [-0.25, -0.2) is 0 Å². The fraction of sp³-hybridized carbons (Fsp3) is 0.231. The van der Waals surface area contributed by atoms with Crippen molar-refractivity contribution >= 4 is 17.5 Å². The molecule has 0 radical (unpaired) electrons. The Labute approximate surface area is 116 Å². The van der Waals surface area contributed by atoms with Gasteiger partial charge in [-0.1, -0.05) is 23.7 Å². The lowest BCUT2D eigenvalue weighted by atomic mass is 10.2. The maximum Gasteiger partial charge on any atom is 0.255 e. The van der Waals surface area contributed by atoms with Crippen LogP contribution in [0.3, 0.4) is 0 Å². The molecule has 1 N–H and O–H groups in total. The van der Waals surface area contributed by atoms with Gasteiger partial charge in [-0.05, 0) is 12.1 Å². The van der Waals surface area contributed by atoms with Crippen molar-refractivity contribution in [1.29, 1.82) is 0 Å². The molecule has 0 bridgehead atoms. The second-order valence-corrected chi connectivity index (χ2v) is 4.35. The Morgan fingerprint density at radius 1 is 1.47 bits per heavy atom. The van der Waals surface area contributed by atoms with Crippen LogP contribution in [-0.2, 0) is 13.6 Å². The zero-order valence-electron chi connectivity index (χ0n) is 10.7. The van der Waals surface area contributed by atoms with Crippen molar-refractivity contribution in [2.45, 2.75) is 6.54 Å². The molecule has 0 saturated heterocycles. The second-order valence-electron chi connectivity index (χ2n) is 3.95. The van der Waals surface area contributed by atoms with E-state index in [0.717, 1.165) is 5.69 Å². The van der Waals surface area contributed by atoms with Crippen LogP contribution in [0.5, 0.6) is 5.75 Å². The van der Waals surface area contributed by atoms with Crippen LogP contribution in [0.25, 0.3) is 0 Å². The molecule has 0 aliphatic carbocycles. The molecule has 1 amide bonds. The van der Waals surface area contributed by atoms with E-state index >= 15 is 0 Å². The lowest BCUT2D eigenvalue weighted by molar-refractivity contribution is 0.0947. The first-order valence-corrected chi connectivity index (χ1v) is 6.09. The van der Waals surface area contributed by atoms with Crippen LogP contribution in [-0.4, -0.2) is 22.8 Å². The predicted molar refractivity (Wildman–Crippen MR) is 72.4 cm³/mol. The van der Waals surface area contributed by atoms with Gasteiger partial charge in [-0.3, -0.25) is 9.48 Å². The topological polar surface area (TPSA) is 56.1 Å². The van der Waals surface area contributed by atoms with Crippen LogP contribution < -0.4 is 10.1 Å². The number of carbonyl (C=O) groups excluding carboxylic acids is 1. The Morgan fingerprint density at radius 2 is 2.21 bits per heavy atom. The molecular weight excluding hydrogens is 266 g/mol. The fourth-order valence-corrected chi connectivity index (χ4v) is 1.96. The fourth-order valence-electron chi connectivity index (χ4n) is 1.73. The van der Waals surface area contributed by atoms with E-state index < -0.39 is 0 Å². The van der Waals surface area contributed by atoms with Crippen molar-refractivity contribution in [2.24, 2.45) is 7.05 Å². The molecule has 0 unspecified atom stereocenters. The Balaban J connectivity index is 2.10. The first-order chi connectivity index (χ1) is 9.13. The van der Waals surface area contributed by atoms with Crippen molar-refractivity contribution < 1.29 is 9.53 Å². The lowest BCUT2D eigenvalue weighted by Crippen LogP contribution is -2.24. The number of hydrogen-bond acceptors (Lipinski definition) is 3. The van der Waals surface area contributed by atoms with Gasteiger partial charge in [-0.2, -0.15) is 5.10 Å². The Bertz CT molecular complexity index is 576. The standard InChI is InChI=1S/C13H14ClN3O2/c1-17-11(10(14)7-16-17)8-15-13(18)9-5-3-4-6-12(9)19-2/h3-7H,8H2,1-2H3,(H,15,18). The van der Waals surface area contributed by atoms with Crippen LogP contribution in [0, 0.1) is 0 Å². The van der Waals surface area contributed by atoms with Gasteiger partial charge in [0.2, 0.25) is 0 Å². The van der Waals surface area contributed by atoms with E-state index in [1.165, 1.54) is 7.11 Å². The molecule has 19 heavy (non-hydrogen) atoms. The number of para-hydroxylation sites is 1. The Kier molecular flexibility index (Phi) is 4.06. The molecule has 1 aromatic heterocycles. The SMILES string of the molecule is COc1ccccc1C(=O)NCc1c(Cl)cnn1C. The summed E-state index contributed by atoms with van der Waals surface area (Å²) in [5.41, 5.74) is 1.24. The number of aromatic nitrogens is 2. The predicted octanol–water partition coefficient (Wildman–Crippen LogP) is 2.01. The smallest absolute Gasteiger partial charge is 0.255 e. The highest BCUT2D eigenvalue weighted by atomic mass is 35.5. The highest BCUT2D eigenvalue weighted by molar-refractivity contribution is 6.31. The molecule has 0 aliphatic rings. The van der Waals surface area contributed by atoms with Crippen molar-refractivity contribution in [3.8, 4) is 5.75 Å². The zero-order valence-corrected chi connectivity index (χ0v) is 11.4. The third-order valence-electron chi connectivity index (χ3n) is 2.78. The van der Waals surface area contributed by atoms with E-state index in [2.05, 4.69) is 10.4 Å². The number of ether oxygens (including phenoxy) is 1. The molecule has 5 nitrogen and oxygen atoms in total. The lowest BCUT2D eigenvalue weighted by Gasteiger charge is -2.09. The summed E-state index contributed by atoms with van der Waals surface area (Å²) in [6.07, 6.45) is 1.55. The van der Waals surface area contributed by atoms with E-state index in [-0.39, 0.29) is 5.91 Å². The molecular formula is C13H14ClN3O2. The number of hydrogen-bond donors (Lipinski definition) is 1. The zero-order chi connectivity index (χ0) is 13.8. The number of aryl methyl sites for hydroxylation is 1. The monoisotopic (exact) mass is 279 g/mol. The van der Waals surface area contributed by atoms with Gasteiger partial charge in [0.25, 0.3) is 5.91 Å². The van der Waals surface area contributed by atoms with Gasteiger partial charge in [0.1, 0.15) is 5.75 Å². The number of benzene rings is 1. The van der Waals surface area contributed by atoms with Crippen molar-refractivity contribution in [2.75, 3.05) is 7.11 Å². The van der Waals surface area contributed by atoms with E-state index in [0.29, 0.717) is 22.9 Å². The second kappa shape index (κ2) is 5.75. The van der Waals surface area contributed by atoms with E-state index in [4.69, 9.17) is 16.3 Å². The molecule has 1 heterocycles. The number of amides is 1. The Hall–Kier alpha value is -2.01. The average molecular weight is 280 g/mol. The van der Waals surface area contributed by atoms with Gasteiger partial charge in [0.15, 0.2) is 0 Å². The maximum atomic E-state index is 12.1. The minimum Gasteiger partial charge on any atom is -0.496 e. The summed E-state index contributed by atoms with van der Waals surface area (Å²) in [4.78, 5) is 12.1. The molecule has 0 aliphatic heterocycles. The summed E-state index contributed by atoms with van der Waals surface area (Å²) in [7, 11) is 3.31. The van der Waals surface area contributed by atoms with E-state index in [9.17, 15) is 4.79 Å². The third kappa shape index (κ3) is 2.88. The van der Waals surface area contributed by atoms with Gasteiger partial charge >= 0.3 is 0 Å². The quantitative estimate of drug-likeness (QED) is 0.931. The molecule has 0 atom stereocenters. The minimum atomic E-state index is -0.213. The number of rotatable bonds is 4. The Morgan fingerprint density at radius 3 is 2.84 bits per heavy atom. The van der Waals surface area contributed by atoms with E-state index in [1.54, 1.807) is 36.1 Å². The number of nitrogens with zero attached hydrogens (tertiary/aromatic N) is 2. The van der Waals surface area contributed by atoms with Crippen LogP contribution in [0.4, 0.5) is 0 Å². The number of carbonyl (C=O) groups is 1. The summed E-state index contributed by atoms with van der Waals surface area (Å²) in [6, 6.07) is 7.05. The molecule has 0 fully saturated rings. The third-order valence-corrected chi connectivity index (χ3v) is 3.09. The largest absolute Gasteiger partial charge is 0.496 e. The van der Waals surface area contributed by atoms with Crippen LogP contribution in [0.15, 0.2) is 30.5 Å². The number of nitrogens with one attached hydrogen (secondary N) is 1. The number of methoxy groups -OCH3 is 1. The highest BCUT2D eigenvalue weighted by Gasteiger charge is 2.13. The van der Waals surface area contributed by atoms with Crippen LogP contribution >= 0.6 is 11.6 Å². The van der Waals surface area contributed by atoms with Gasteiger partial charge in [0.05, 0.1) is 36.1 Å². The van der Waals surface area contributed by atoms with Crippen molar-refractivity contribution in [3.05, 3.63) is 46.7 Å². The van der Waals surface area contributed by atoms with Crippen molar-refractivity contribution in [3.63, 3.8) is 0 Å². The first-order valence-electron chi connectivity index (χ1n) is 5.71. The first kappa shape index (κ1) is 13.4. The van der Waals surface area contributed by atoms with E-state index in [1.807, 2.05) is 6.07 Å². The molecule has 100 valence electrons. The molecule has 1 aromatic carbocycles. The maximum absolute atomic E-state index is 12.1. The number of halogens is 1. The van der Waals surface area contributed by atoms with Gasteiger partial charge in [-0.15, -0.1) is 0 Å². The summed E-state index contributed by atoms with van der Waals surface area (Å²) >= 11 is 5.97. The van der Waals surface area contributed by atoms with Gasteiger partial charge in [0, 0.05) is 7.05 Å². The molecule has 0 saturated carbocycles. The minimum absolute atomic E-state index is 0.213. The molecule has 2 aromatic rings. The highest BCUT2D eigenvalue weighted by Crippen LogP contribution is 2.18. The van der Waals surface area contributed by atoms with Gasteiger partial charge < -0.3 is 10.1 Å². The summed E-state index contributed by atoms with van der Waals surface area (Å²) in [5.74, 6) is 0.325. The normalized spacial score (nSPS) is 10.3. The molecule has 0 spiro atoms. The van der Waals surface area contributed by atoms with Crippen molar-refractivity contribution in [1.82, 2.24) is 15.1 Å². The summed E-state index contributed by atoms with van der Waals surface area (Å²) in [5, 5.41) is 7.33. The average Bonchev–Trinajstić information content (AvgIpc) is 2.75. The van der Waals surface area contributed by atoms with Crippen LogP contribution in [0.2, 0.25) is 5.02 Å².